The van der Waals surface area contributed by atoms with Crippen LogP contribution in [-0.4, -0.2) is 15.6 Å². The molecule has 4 rings (SSSR count). The lowest BCUT2D eigenvalue weighted by Crippen LogP contribution is -2.10. The Bertz CT molecular complexity index is 1240. The number of rotatable bonds is 3. The number of aromatic carboxylic acids is 1. The maximum atomic E-state index is 11.9. The van der Waals surface area contributed by atoms with Gasteiger partial charge in [0.1, 0.15) is 5.69 Å². The molecule has 0 fully saturated rings. The van der Waals surface area contributed by atoms with Crippen molar-refractivity contribution in [2.75, 3.05) is 0 Å². The normalized spacial score (nSPS) is 11.8. The van der Waals surface area contributed by atoms with E-state index in [4.69, 9.17) is 23.2 Å². The topological polar surface area (TPSA) is 42.2 Å². The zero-order valence-corrected chi connectivity index (χ0v) is 18.4. The fourth-order valence-corrected chi connectivity index (χ4v) is 4.18. The molecule has 30 heavy (non-hydrogen) atoms. The van der Waals surface area contributed by atoms with Crippen LogP contribution in [0.5, 0.6) is 0 Å². The molecule has 3 aromatic carbocycles. The molecule has 0 saturated carbocycles. The number of hydrogen-bond acceptors (Lipinski definition) is 1. The summed E-state index contributed by atoms with van der Waals surface area (Å²) in [5.74, 6) is -1.02. The molecule has 5 heteroatoms. The van der Waals surface area contributed by atoms with Crippen molar-refractivity contribution in [2.45, 2.75) is 26.2 Å². The third-order valence-corrected chi connectivity index (χ3v) is 5.65. The maximum absolute atomic E-state index is 11.9. The largest absolute Gasteiger partial charge is 0.477 e. The number of halogens is 2. The first kappa shape index (κ1) is 20.5. The quantitative estimate of drug-likeness (QED) is 0.358. The standard InChI is InChI=1S/C25H21Cl2NO2/c1-25(2,3)18-7-4-15(5-8-18)16-6-9-22-17(10-16)11-23(24(29)30)28(22)21-13-19(26)12-20(27)14-21/h4-14H,1-3H3,(H,29,30). The molecule has 0 aliphatic carbocycles. The van der Waals surface area contributed by atoms with E-state index < -0.39 is 5.97 Å². The van der Waals surface area contributed by atoms with Gasteiger partial charge in [0.15, 0.2) is 0 Å². The predicted octanol–water partition coefficient (Wildman–Crippen LogP) is 7.60. The van der Waals surface area contributed by atoms with E-state index in [-0.39, 0.29) is 11.1 Å². The highest BCUT2D eigenvalue weighted by atomic mass is 35.5. The van der Waals surface area contributed by atoms with Crippen molar-refractivity contribution in [1.29, 1.82) is 0 Å². The van der Waals surface area contributed by atoms with Crippen LogP contribution >= 0.6 is 23.2 Å². The van der Waals surface area contributed by atoms with Crippen LogP contribution in [0.2, 0.25) is 10.0 Å². The maximum Gasteiger partial charge on any atom is 0.352 e. The first-order valence-electron chi connectivity index (χ1n) is 9.60. The number of carboxylic acids is 1. The highest BCUT2D eigenvalue weighted by molar-refractivity contribution is 6.34. The smallest absolute Gasteiger partial charge is 0.352 e. The van der Waals surface area contributed by atoms with Gasteiger partial charge in [-0.25, -0.2) is 4.79 Å². The van der Waals surface area contributed by atoms with E-state index in [1.54, 1.807) is 28.8 Å². The molecule has 0 unspecified atom stereocenters. The van der Waals surface area contributed by atoms with Gasteiger partial charge in [-0.3, -0.25) is 0 Å². The zero-order valence-electron chi connectivity index (χ0n) is 16.9. The van der Waals surface area contributed by atoms with Gasteiger partial charge in [0.05, 0.1) is 5.52 Å². The molecule has 152 valence electrons. The molecule has 0 bridgehead atoms. The lowest BCUT2D eigenvalue weighted by atomic mass is 9.86. The van der Waals surface area contributed by atoms with Crippen LogP contribution in [0.4, 0.5) is 0 Å². The summed E-state index contributed by atoms with van der Waals surface area (Å²) >= 11 is 12.3. The van der Waals surface area contributed by atoms with Gasteiger partial charge >= 0.3 is 5.97 Å². The van der Waals surface area contributed by atoms with Gasteiger partial charge in [-0.15, -0.1) is 0 Å². The summed E-state index contributed by atoms with van der Waals surface area (Å²) in [4.78, 5) is 11.9. The Morgan fingerprint density at radius 2 is 1.43 bits per heavy atom. The number of fused-ring (bicyclic) bond motifs is 1. The van der Waals surface area contributed by atoms with Crippen LogP contribution < -0.4 is 0 Å². The van der Waals surface area contributed by atoms with Crippen molar-refractivity contribution < 1.29 is 9.90 Å². The van der Waals surface area contributed by atoms with Crippen LogP contribution in [0.3, 0.4) is 0 Å². The van der Waals surface area contributed by atoms with Gasteiger partial charge in [-0.1, -0.05) is 74.3 Å². The van der Waals surface area contributed by atoms with Crippen molar-refractivity contribution in [3.63, 3.8) is 0 Å². The molecule has 0 aliphatic heterocycles. The van der Waals surface area contributed by atoms with E-state index in [0.29, 0.717) is 15.7 Å². The Labute approximate surface area is 185 Å². The minimum absolute atomic E-state index is 0.0916. The zero-order chi connectivity index (χ0) is 21.6. The molecular formula is C25H21Cl2NO2. The summed E-state index contributed by atoms with van der Waals surface area (Å²) in [5.41, 5.74) is 5.02. The second kappa shape index (κ2) is 7.50. The van der Waals surface area contributed by atoms with Crippen molar-refractivity contribution in [3.8, 4) is 16.8 Å². The number of benzene rings is 3. The minimum atomic E-state index is -1.02. The van der Waals surface area contributed by atoms with E-state index in [9.17, 15) is 9.90 Å². The summed E-state index contributed by atoms with van der Waals surface area (Å²) in [7, 11) is 0. The second-order valence-corrected chi connectivity index (χ2v) is 9.27. The molecule has 3 nitrogen and oxygen atoms in total. The SMILES string of the molecule is CC(C)(C)c1ccc(-c2ccc3c(c2)cc(C(=O)O)n3-c2cc(Cl)cc(Cl)c2)cc1. The molecule has 0 atom stereocenters. The summed E-state index contributed by atoms with van der Waals surface area (Å²) in [5, 5.41) is 11.5. The Morgan fingerprint density at radius 3 is 2.00 bits per heavy atom. The fraction of sp³-hybridized carbons (Fsp3) is 0.160. The summed E-state index contributed by atoms with van der Waals surface area (Å²) < 4.78 is 1.67. The summed E-state index contributed by atoms with van der Waals surface area (Å²) in [6.45, 7) is 6.56. The molecule has 1 heterocycles. The first-order valence-corrected chi connectivity index (χ1v) is 10.4. The molecule has 0 spiro atoms. The Hall–Kier alpha value is -2.75. The van der Waals surface area contributed by atoms with E-state index >= 15 is 0 Å². The number of carboxylic acid groups (broad SMARTS) is 1. The van der Waals surface area contributed by atoms with E-state index in [0.717, 1.165) is 22.0 Å². The average Bonchev–Trinajstić information content (AvgIpc) is 3.06. The van der Waals surface area contributed by atoms with Crippen molar-refractivity contribution >= 4 is 40.1 Å². The molecule has 0 radical (unpaired) electrons. The van der Waals surface area contributed by atoms with E-state index in [1.807, 2.05) is 18.2 Å². The van der Waals surface area contributed by atoms with Crippen LogP contribution in [0.25, 0.3) is 27.7 Å². The minimum Gasteiger partial charge on any atom is -0.477 e. The number of nitrogens with zero attached hydrogens (tertiary/aromatic N) is 1. The van der Waals surface area contributed by atoms with Crippen molar-refractivity contribution in [3.05, 3.63) is 88.0 Å². The lowest BCUT2D eigenvalue weighted by Gasteiger charge is -2.19. The van der Waals surface area contributed by atoms with Crippen molar-refractivity contribution in [1.82, 2.24) is 4.57 Å². The van der Waals surface area contributed by atoms with Gasteiger partial charge in [0.25, 0.3) is 0 Å². The fourth-order valence-electron chi connectivity index (χ4n) is 3.66. The average molecular weight is 438 g/mol. The molecular weight excluding hydrogens is 417 g/mol. The molecule has 0 aliphatic rings. The molecule has 1 N–H and O–H groups in total. The van der Waals surface area contributed by atoms with Gasteiger partial charge in [-0.2, -0.15) is 0 Å². The monoisotopic (exact) mass is 437 g/mol. The van der Waals surface area contributed by atoms with Gasteiger partial charge in [-0.05, 0) is 58.5 Å². The Kier molecular flexibility index (Phi) is 5.13. The number of aromatic nitrogens is 1. The van der Waals surface area contributed by atoms with Crippen LogP contribution in [0, 0.1) is 0 Å². The summed E-state index contributed by atoms with van der Waals surface area (Å²) in [6, 6.07) is 21.2. The van der Waals surface area contributed by atoms with Gasteiger partial charge < -0.3 is 9.67 Å². The second-order valence-electron chi connectivity index (χ2n) is 8.40. The van der Waals surface area contributed by atoms with Crippen molar-refractivity contribution in [2.24, 2.45) is 0 Å². The van der Waals surface area contributed by atoms with E-state index in [1.165, 1.54) is 5.56 Å². The molecule has 0 amide bonds. The van der Waals surface area contributed by atoms with Gasteiger partial charge in [0, 0.05) is 21.1 Å². The third-order valence-electron chi connectivity index (χ3n) is 5.21. The molecule has 4 aromatic rings. The number of carbonyl (C=O) groups is 1. The lowest BCUT2D eigenvalue weighted by molar-refractivity contribution is 0.0688. The van der Waals surface area contributed by atoms with Crippen LogP contribution in [0.15, 0.2) is 66.7 Å². The third kappa shape index (κ3) is 3.83. The highest BCUT2D eigenvalue weighted by Gasteiger charge is 2.18. The highest BCUT2D eigenvalue weighted by Crippen LogP contribution is 2.32. The van der Waals surface area contributed by atoms with Crippen LogP contribution in [0.1, 0.15) is 36.8 Å². The number of hydrogen-bond donors (Lipinski definition) is 1. The van der Waals surface area contributed by atoms with Gasteiger partial charge in [0.2, 0.25) is 0 Å². The molecule has 0 saturated heterocycles. The Morgan fingerprint density at radius 1 is 0.833 bits per heavy atom. The first-order chi connectivity index (χ1) is 14.1. The van der Waals surface area contributed by atoms with E-state index in [2.05, 4.69) is 45.0 Å². The Balaban J connectivity index is 1.86. The molecule has 1 aromatic heterocycles. The summed E-state index contributed by atoms with van der Waals surface area (Å²) in [6.07, 6.45) is 0. The predicted molar refractivity (Wildman–Crippen MR) is 124 cm³/mol. The van der Waals surface area contributed by atoms with Crippen LogP contribution in [-0.2, 0) is 5.41 Å².